The van der Waals surface area contributed by atoms with E-state index >= 15 is 0 Å². The molecule has 1 aromatic carbocycles. The Morgan fingerprint density at radius 2 is 1.85 bits per heavy atom. The molecule has 0 spiro atoms. The van der Waals surface area contributed by atoms with Gasteiger partial charge in [-0.25, -0.2) is 0 Å². The van der Waals surface area contributed by atoms with Crippen LogP contribution >= 0.6 is 0 Å². The smallest absolute Gasteiger partial charge is 0.251 e. The van der Waals surface area contributed by atoms with E-state index in [1.54, 1.807) is 30.5 Å². The third-order valence-corrected chi connectivity index (χ3v) is 3.71. The molecule has 2 rings (SSSR count). The Morgan fingerprint density at radius 3 is 2.46 bits per heavy atom. The molecule has 140 valence electrons. The Morgan fingerprint density at radius 1 is 1.12 bits per heavy atom. The minimum absolute atomic E-state index is 0.00281. The molecule has 6 heteroatoms. The van der Waals surface area contributed by atoms with Crippen LogP contribution < -0.4 is 15.4 Å². The molecule has 2 N–H and O–H groups in total. The lowest BCUT2D eigenvalue weighted by molar-refractivity contribution is -0.120. The molecule has 0 aliphatic carbocycles. The minimum Gasteiger partial charge on any atom is -0.491 e. The molecule has 2 amide bonds. The van der Waals surface area contributed by atoms with Crippen molar-refractivity contribution in [3.8, 4) is 5.75 Å². The molecular weight excluding hydrogens is 332 g/mol. The van der Waals surface area contributed by atoms with E-state index in [-0.39, 0.29) is 30.5 Å². The van der Waals surface area contributed by atoms with Crippen molar-refractivity contribution in [1.82, 2.24) is 10.6 Å². The molecule has 6 nitrogen and oxygen atoms in total. The van der Waals surface area contributed by atoms with Crippen LogP contribution in [0.25, 0.3) is 0 Å². The maximum atomic E-state index is 12.1. The van der Waals surface area contributed by atoms with Gasteiger partial charge in [-0.15, -0.1) is 0 Å². The fraction of sp³-hybridized carbons (Fsp3) is 0.400. The summed E-state index contributed by atoms with van der Waals surface area (Å²) in [6.45, 7) is 5.74. The highest BCUT2D eigenvalue weighted by molar-refractivity contribution is 5.96. The van der Waals surface area contributed by atoms with Crippen LogP contribution in [0.1, 0.15) is 43.3 Å². The highest BCUT2D eigenvalue weighted by Gasteiger charge is 2.11. The predicted molar refractivity (Wildman–Crippen MR) is 99.2 cm³/mol. The molecule has 2 aromatic rings. The Kier molecular flexibility index (Phi) is 7.26. The Bertz CT molecular complexity index is 693. The van der Waals surface area contributed by atoms with E-state index in [0.29, 0.717) is 11.3 Å². The SMILES string of the molecule is CC(CCc1ccco1)NC(=O)CNC(=O)c1ccc(OC(C)C)cc1. The van der Waals surface area contributed by atoms with Crippen molar-refractivity contribution in [3.63, 3.8) is 0 Å². The fourth-order valence-corrected chi connectivity index (χ4v) is 2.43. The zero-order valence-electron chi connectivity index (χ0n) is 15.5. The molecule has 1 heterocycles. The van der Waals surface area contributed by atoms with Gasteiger partial charge in [0.1, 0.15) is 11.5 Å². The lowest BCUT2D eigenvalue weighted by Crippen LogP contribution is -2.41. The van der Waals surface area contributed by atoms with Crippen LogP contribution in [0.2, 0.25) is 0 Å². The lowest BCUT2D eigenvalue weighted by Gasteiger charge is -2.14. The standard InChI is InChI=1S/C20H26N2O4/c1-14(2)26-18-10-7-16(8-11-18)20(24)21-13-19(23)22-15(3)6-9-17-5-4-12-25-17/h4-5,7-8,10-12,14-15H,6,9,13H2,1-3H3,(H,21,24)(H,22,23). The van der Waals surface area contributed by atoms with Crippen molar-refractivity contribution in [2.45, 2.75) is 45.8 Å². The molecule has 0 aliphatic rings. The monoisotopic (exact) mass is 358 g/mol. The maximum absolute atomic E-state index is 12.1. The molecule has 0 radical (unpaired) electrons. The molecule has 0 saturated heterocycles. The number of hydrogen-bond acceptors (Lipinski definition) is 4. The van der Waals surface area contributed by atoms with Crippen molar-refractivity contribution in [2.75, 3.05) is 6.54 Å². The quantitative estimate of drug-likeness (QED) is 0.722. The molecule has 0 aliphatic heterocycles. The zero-order chi connectivity index (χ0) is 18.9. The van der Waals surface area contributed by atoms with E-state index in [1.165, 1.54) is 0 Å². The van der Waals surface area contributed by atoms with Crippen LogP contribution in [0.3, 0.4) is 0 Å². The Balaban J connectivity index is 1.71. The number of ether oxygens (including phenoxy) is 1. The molecule has 0 saturated carbocycles. The molecule has 1 aromatic heterocycles. The Hall–Kier alpha value is -2.76. The van der Waals surface area contributed by atoms with Crippen molar-refractivity contribution in [3.05, 3.63) is 54.0 Å². The van der Waals surface area contributed by atoms with Gasteiger partial charge in [-0.1, -0.05) is 0 Å². The first-order valence-electron chi connectivity index (χ1n) is 8.80. The summed E-state index contributed by atoms with van der Waals surface area (Å²) >= 11 is 0. The van der Waals surface area contributed by atoms with Gasteiger partial charge in [0.2, 0.25) is 5.91 Å². The predicted octanol–water partition coefficient (Wildman–Crippen LogP) is 2.93. The normalized spacial score (nSPS) is 11.8. The highest BCUT2D eigenvalue weighted by atomic mass is 16.5. The van der Waals surface area contributed by atoms with Gasteiger partial charge >= 0.3 is 0 Å². The second-order valence-electron chi connectivity index (χ2n) is 6.46. The van der Waals surface area contributed by atoms with E-state index in [9.17, 15) is 9.59 Å². The number of furan rings is 1. The summed E-state index contributed by atoms with van der Waals surface area (Å²) in [7, 11) is 0. The molecule has 0 bridgehead atoms. The molecule has 1 unspecified atom stereocenters. The molecule has 26 heavy (non-hydrogen) atoms. The first-order chi connectivity index (χ1) is 12.4. The summed E-state index contributed by atoms with van der Waals surface area (Å²) in [5, 5.41) is 5.49. The van der Waals surface area contributed by atoms with Crippen LogP contribution in [-0.2, 0) is 11.2 Å². The average Bonchev–Trinajstić information content (AvgIpc) is 3.11. The third-order valence-electron chi connectivity index (χ3n) is 3.71. The van der Waals surface area contributed by atoms with Crippen LogP contribution in [0.5, 0.6) is 5.75 Å². The second kappa shape index (κ2) is 9.65. The van der Waals surface area contributed by atoms with E-state index in [2.05, 4.69) is 10.6 Å². The van der Waals surface area contributed by atoms with Gasteiger partial charge in [-0.3, -0.25) is 9.59 Å². The topological polar surface area (TPSA) is 80.6 Å². The van der Waals surface area contributed by atoms with Crippen LogP contribution in [0.15, 0.2) is 47.1 Å². The van der Waals surface area contributed by atoms with Crippen LogP contribution in [0, 0.1) is 0 Å². The Labute approximate surface area is 153 Å². The number of hydrogen-bond donors (Lipinski definition) is 2. The van der Waals surface area contributed by atoms with E-state index in [1.807, 2.05) is 32.9 Å². The fourth-order valence-electron chi connectivity index (χ4n) is 2.43. The van der Waals surface area contributed by atoms with E-state index < -0.39 is 0 Å². The largest absolute Gasteiger partial charge is 0.491 e. The first kappa shape index (κ1) is 19.6. The number of carbonyl (C=O) groups excluding carboxylic acids is 2. The average molecular weight is 358 g/mol. The number of carbonyl (C=O) groups is 2. The molecule has 0 fully saturated rings. The maximum Gasteiger partial charge on any atom is 0.251 e. The third kappa shape index (κ3) is 6.63. The summed E-state index contributed by atoms with van der Waals surface area (Å²) in [5.41, 5.74) is 0.486. The lowest BCUT2D eigenvalue weighted by atomic mass is 10.1. The van der Waals surface area contributed by atoms with Gasteiger partial charge in [-0.2, -0.15) is 0 Å². The number of rotatable bonds is 9. The van der Waals surface area contributed by atoms with E-state index in [4.69, 9.17) is 9.15 Å². The number of aryl methyl sites for hydroxylation is 1. The first-order valence-corrected chi connectivity index (χ1v) is 8.80. The summed E-state index contributed by atoms with van der Waals surface area (Å²) in [6, 6.07) is 10.6. The summed E-state index contributed by atoms with van der Waals surface area (Å²) in [6.07, 6.45) is 3.24. The van der Waals surface area contributed by atoms with Crippen LogP contribution in [-0.4, -0.2) is 30.5 Å². The van der Waals surface area contributed by atoms with Gasteiger partial charge in [0.25, 0.3) is 5.91 Å². The van der Waals surface area contributed by atoms with Crippen molar-refractivity contribution < 1.29 is 18.7 Å². The van der Waals surface area contributed by atoms with Gasteiger partial charge in [0.15, 0.2) is 0 Å². The van der Waals surface area contributed by atoms with Crippen molar-refractivity contribution in [2.24, 2.45) is 0 Å². The zero-order valence-corrected chi connectivity index (χ0v) is 15.5. The van der Waals surface area contributed by atoms with E-state index in [0.717, 1.165) is 18.6 Å². The number of amides is 2. The van der Waals surface area contributed by atoms with Gasteiger partial charge in [-0.05, 0) is 63.6 Å². The summed E-state index contributed by atoms with van der Waals surface area (Å²) in [4.78, 5) is 24.1. The number of nitrogens with one attached hydrogen (secondary N) is 2. The summed E-state index contributed by atoms with van der Waals surface area (Å²) < 4.78 is 10.8. The van der Waals surface area contributed by atoms with Crippen LogP contribution in [0.4, 0.5) is 0 Å². The number of benzene rings is 1. The van der Waals surface area contributed by atoms with Gasteiger partial charge in [0.05, 0.1) is 18.9 Å². The van der Waals surface area contributed by atoms with Gasteiger partial charge in [0, 0.05) is 18.0 Å². The molecular formula is C20H26N2O4. The summed E-state index contributed by atoms with van der Waals surface area (Å²) in [5.74, 6) is 1.09. The minimum atomic E-state index is -0.292. The molecule has 1 atom stereocenters. The second-order valence-corrected chi connectivity index (χ2v) is 6.46. The van der Waals surface area contributed by atoms with Crippen molar-refractivity contribution in [1.29, 1.82) is 0 Å². The van der Waals surface area contributed by atoms with Crippen molar-refractivity contribution >= 4 is 11.8 Å². The van der Waals surface area contributed by atoms with Gasteiger partial charge < -0.3 is 19.8 Å². The highest BCUT2D eigenvalue weighted by Crippen LogP contribution is 2.13.